The molecule has 1 aromatic carbocycles. The molecule has 0 aliphatic carbocycles. The maximum atomic E-state index is 12.4. The maximum absolute atomic E-state index is 12.4. The van der Waals surface area contributed by atoms with Crippen molar-refractivity contribution in [1.29, 1.82) is 0 Å². The fraction of sp³-hybridized carbons (Fsp3) is 0.278. The van der Waals surface area contributed by atoms with Crippen molar-refractivity contribution in [3.63, 3.8) is 0 Å². The van der Waals surface area contributed by atoms with E-state index in [-0.39, 0.29) is 18.2 Å². The highest BCUT2D eigenvalue weighted by molar-refractivity contribution is 5.92. The second-order valence-corrected chi connectivity index (χ2v) is 5.34. The summed E-state index contributed by atoms with van der Waals surface area (Å²) in [6, 6.07) is 10.1. The molecule has 0 fully saturated rings. The zero-order valence-corrected chi connectivity index (χ0v) is 14.4. The van der Waals surface area contributed by atoms with E-state index in [0.29, 0.717) is 17.3 Å². The van der Waals surface area contributed by atoms with Gasteiger partial charge in [0.15, 0.2) is 0 Å². The molecule has 0 saturated heterocycles. The summed E-state index contributed by atoms with van der Waals surface area (Å²) < 4.78 is 10.2. The van der Waals surface area contributed by atoms with Crippen LogP contribution in [0.5, 0.6) is 11.6 Å². The summed E-state index contributed by atoms with van der Waals surface area (Å²) in [5.74, 6) is 0.555. The van der Waals surface area contributed by atoms with Crippen molar-refractivity contribution >= 4 is 17.5 Å². The second kappa shape index (κ2) is 8.68. The van der Waals surface area contributed by atoms with E-state index in [1.807, 2.05) is 12.1 Å². The fourth-order valence-corrected chi connectivity index (χ4v) is 2.37. The Bertz CT molecular complexity index is 731. The third-order valence-electron chi connectivity index (χ3n) is 3.52. The molecule has 132 valence electrons. The number of nitrogens with one attached hydrogen (secondary N) is 2. The van der Waals surface area contributed by atoms with Gasteiger partial charge in [-0.3, -0.25) is 9.59 Å². The Morgan fingerprint density at radius 2 is 1.84 bits per heavy atom. The molecule has 0 spiro atoms. The van der Waals surface area contributed by atoms with E-state index in [1.54, 1.807) is 37.6 Å². The lowest BCUT2D eigenvalue weighted by Crippen LogP contribution is -2.29. The van der Waals surface area contributed by atoms with Crippen LogP contribution >= 0.6 is 0 Å². The molecule has 0 radical (unpaired) electrons. The molecular weight excluding hydrogens is 322 g/mol. The highest BCUT2D eigenvalue weighted by atomic mass is 16.5. The molecule has 2 aromatic rings. The number of amides is 2. The van der Waals surface area contributed by atoms with Crippen molar-refractivity contribution in [2.75, 3.05) is 19.5 Å². The first-order valence-electron chi connectivity index (χ1n) is 7.73. The summed E-state index contributed by atoms with van der Waals surface area (Å²) in [6.07, 6.45) is 1.65. The zero-order chi connectivity index (χ0) is 18.2. The van der Waals surface area contributed by atoms with Gasteiger partial charge in [-0.1, -0.05) is 12.1 Å². The van der Waals surface area contributed by atoms with Gasteiger partial charge in [0.2, 0.25) is 17.7 Å². The minimum atomic E-state index is -0.453. The normalized spacial score (nSPS) is 11.3. The van der Waals surface area contributed by atoms with Crippen molar-refractivity contribution in [2.24, 2.45) is 0 Å². The summed E-state index contributed by atoms with van der Waals surface area (Å²) in [4.78, 5) is 27.9. The van der Waals surface area contributed by atoms with Crippen LogP contribution in [-0.2, 0) is 9.59 Å². The number of hydrogen-bond acceptors (Lipinski definition) is 5. The Kier molecular flexibility index (Phi) is 6.33. The van der Waals surface area contributed by atoms with Crippen LogP contribution in [0.15, 0.2) is 42.6 Å². The largest absolute Gasteiger partial charge is 0.497 e. The van der Waals surface area contributed by atoms with E-state index in [1.165, 1.54) is 14.0 Å². The van der Waals surface area contributed by atoms with E-state index >= 15 is 0 Å². The van der Waals surface area contributed by atoms with Crippen molar-refractivity contribution in [2.45, 2.75) is 19.4 Å². The number of aromatic nitrogens is 1. The summed E-state index contributed by atoms with van der Waals surface area (Å²) in [7, 11) is 3.06. The van der Waals surface area contributed by atoms with Gasteiger partial charge >= 0.3 is 0 Å². The zero-order valence-electron chi connectivity index (χ0n) is 14.4. The summed E-state index contributed by atoms with van der Waals surface area (Å²) >= 11 is 0. The van der Waals surface area contributed by atoms with Gasteiger partial charge in [-0.15, -0.1) is 0 Å². The van der Waals surface area contributed by atoms with Crippen molar-refractivity contribution in [3.8, 4) is 11.6 Å². The summed E-state index contributed by atoms with van der Waals surface area (Å²) in [6.45, 7) is 1.42. The molecule has 1 heterocycles. The molecule has 2 amide bonds. The van der Waals surface area contributed by atoms with Crippen LogP contribution in [0.2, 0.25) is 0 Å². The number of anilines is 1. The average Bonchev–Trinajstić information content (AvgIpc) is 2.61. The molecular formula is C18H21N3O4. The molecule has 1 atom stereocenters. The van der Waals surface area contributed by atoms with Crippen molar-refractivity contribution < 1.29 is 19.1 Å². The number of pyridine rings is 1. The first kappa shape index (κ1) is 18.3. The molecule has 7 heteroatoms. The first-order valence-corrected chi connectivity index (χ1v) is 7.73. The Balaban J connectivity index is 2.12. The molecule has 0 unspecified atom stereocenters. The second-order valence-electron chi connectivity index (χ2n) is 5.34. The number of rotatable bonds is 7. The van der Waals surface area contributed by atoms with Gasteiger partial charge in [0.05, 0.1) is 26.7 Å². The molecule has 0 aliphatic rings. The van der Waals surface area contributed by atoms with Crippen LogP contribution in [0.1, 0.15) is 24.9 Å². The number of hydrogen-bond donors (Lipinski definition) is 2. The predicted molar refractivity (Wildman–Crippen MR) is 93.6 cm³/mol. The SMILES string of the molecule is COc1ccc([C@@H](CC(=O)Nc2cccnc2OC)NC(C)=O)cc1. The Morgan fingerprint density at radius 1 is 1.12 bits per heavy atom. The molecule has 25 heavy (non-hydrogen) atoms. The minimum absolute atomic E-state index is 0.0734. The standard InChI is InChI=1S/C18H21N3O4/c1-12(22)20-16(13-6-8-14(24-2)9-7-13)11-17(23)21-15-5-4-10-19-18(15)25-3/h4-10,16H,11H2,1-3H3,(H,20,22)(H,21,23)/t16-/m1/s1. The molecule has 2 rings (SSSR count). The van der Waals surface area contributed by atoms with E-state index < -0.39 is 6.04 Å². The highest BCUT2D eigenvalue weighted by Gasteiger charge is 2.18. The van der Waals surface area contributed by atoms with Gasteiger partial charge < -0.3 is 20.1 Å². The topological polar surface area (TPSA) is 89.6 Å². The first-order chi connectivity index (χ1) is 12.0. The Morgan fingerprint density at radius 3 is 2.44 bits per heavy atom. The Labute approximate surface area is 146 Å². The lowest BCUT2D eigenvalue weighted by molar-refractivity contribution is -0.120. The molecule has 2 N–H and O–H groups in total. The van der Waals surface area contributed by atoms with Crippen LogP contribution in [0, 0.1) is 0 Å². The number of methoxy groups -OCH3 is 2. The highest BCUT2D eigenvalue weighted by Crippen LogP contribution is 2.23. The van der Waals surface area contributed by atoms with E-state index in [2.05, 4.69) is 15.6 Å². The summed E-state index contributed by atoms with van der Waals surface area (Å²) in [5, 5.41) is 5.55. The monoisotopic (exact) mass is 343 g/mol. The van der Waals surface area contributed by atoms with Gasteiger partial charge in [0.1, 0.15) is 11.4 Å². The minimum Gasteiger partial charge on any atom is -0.497 e. The van der Waals surface area contributed by atoms with Crippen LogP contribution in [0.4, 0.5) is 5.69 Å². The number of ether oxygens (including phenoxy) is 2. The molecule has 0 bridgehead atoms. The number of carbonyl (C=O) groups is 2. The number of benzene rings is 1. The van der Waals surface area contributed by atoms with E-state index in [4.69, 9.17) is 9.47 Å². The van der Waals surface area contributed by atoms with Crippen molar-refractivity contribution in [1.82, 2.24) is 10.3 Å². The molecule has 0 aliphatic heterocycles. The maximum Gasteiger partial charge on any atom is 0.237 e. The third-order valence-corrected chi connectivity index (χ3v) is 3.52. The van der Waals surface area contributed by atoms with Gasteiger partial charge in [-0.25, -0.2) is 4.98 Å². The predicted octanol–water partition coefficient (Wildman–Crippen LogP) is 2.30. The summed E-state index contributed by atoms with van der Waals surface area (Å²) in [5.41, 5.74) is 1.29. The van der Waals surface area contributed by atoms with Gasteiger partial charge in [-0.05, 0) is 29.8 Å². The molecule has 1 aromatic heterocycles. The lowest BCUT2D eigenvalue weighted by atomic mass is 10.0. The number of carbonyl (C=O) groups excluding carboxylic acids is 2. The average molecular weight is 343 g/mol. The van der Waals surface area contributed by atoms with Crippen LogP contribution in [0.3, 0.4) is 0 Å². The Hall–Kier alpha value is -3.09. The van der Waals surface area contributed by atoms with E-state index in [0.717, 1.165) is 5.56 Å². The number of nitrogens with zero attached hydrogens (tertiary/aromatic N) is 1. The van der Waals surface area contributed by atoms with Crippen molar-refractivity contribution in [3.05, 3.63) is 48.2 Å². The lowest BCUT2D eigenvalue weighted by Gasteiger charge is -2.18. The van der Waals surface area contributed by atoms with Gasteiger partial charge in [-0.2, -0.15) is 0 Å². The van der Waals surface area contributed by atoms with Crippen LogP contribution in [-0.4, -0.2) is 31.0 Å². The third kappa shape index (κ3) is 5.20. The van der Waals surface area contributed by atoms with Crippen LogP contribution in [0.25, 0.3) is 0 Å². The molecule has 0 saturated carbocycles. The quantitative estimate of drug-likeness (QED) is 0.805. The molecule has 7 nitrogen and oxygen atoms in total. The van der Waals surface area contributed by atoms with E-state index in [9.17, 15) is 9.59 Å². The van der Waals surface area contributed by atoms with Crippen LogP contribution < -0.4 is 20.1 Å². The van der Waals surface area contributed by atoms with Gasteiger partial charge in [0.25, 0.3) is 0 Å². The van der Waals surface area contributed by atoms with Gasteiger partial charge in [0, 0.05) is 13.1 Å². The smallest absolute Gasteiger partial charge is 0.237 e. The fourth-order valence-electron chi connectivity index (χ4n) is 2.37.